The number of likely N-dealkylation sites (N-methyl/N-ethyl adjacent to an activating group) is 1. The molecule has 1 N–H and O–H groups in total. The highest BCUT2D eigenvalue weighted by Crippen LogP contribution is 2.22. The number of nitrogens with one attached hydrogen (secondary N) is 1. The van der Waals surface area contributed by atoms with Crippen LogP contribution in [0, 0.1) is 11.8 Å². The second-order valence-corrected chi connectivity index (χ2v) is 5.30. The van der Waals surface area contributed by atoms with Crippen molar-refractivity contribution >= 4 is 5.91 Å². The molecule has 18 heavy (non-hydrogen) atoms. The summed E-state index contributed by atoms with van der Waals surface area (Å²) in [6, 6.07) is 0. The molecule has 4 heteroatoms. The van der Waals surface area contributed by atoms with Gasteiger partial charge in [0.15, 0.2) is 0 Å². The zero-order valence-electron chi connectivity index (χ0n) is 12.1. The Kier molecular flexibility index (Phi) is 7.28. The molecule has 1 saturated heterocycles. The first-order valence-electron chi connectivity index (χ1n) is 7.17. The van der Waals surface area contributed by atoms with Gasteiger partial charge in [0, 0.05) is 26.6 Å². The molecule has 1 amide bonds. The van der Waals surface area contributed by atoms with E-state index in [9.17, 15) is 4.79 Å². The van der Waals surface area contributed by atoms with Gasteiger partial charge in [-0.05, 0) is 44.7 Å². The first-order valence-corrected chi connectivity index (χ1v) is 7.17. The highest BCUT2D eigenvalue weighted by atomic mass is 16.5. The summed E-state index contributed by atoms with van der Waals surface area (Å²) in [5.74, 6) is 1.37. The van der Waals surface area contributed by atoms with Crippen molar-refractivity contribution in [2.45, 2.75) is 33.1 Å². The molecule has 0 radical (unpaired) electrons. The minimum absolute atomic E-state index is 0.243. The van der Waals surface area contributed by atoms with Crippen molar-refractivity contribution in [1.29, 1.82) is 0 Å². The first kappa shape index (κ1) is 15.4. The lowest BCUT2D eigenvalue weighted by atomic mass is 9.85. The van der Waals surface area contributed by atoms with Crippen LogP contribution < -0.4 is 5.32 Å². The van der Waals surface area contributed by atoms with Crippen LogP contribution in [0.1, 0.15) is 33.1 Å². The van der Waals surface area contributed by atoms with E-state index in [1.807, 2.05) is 14.0 Å². The molecular weight excluding hydrogens is 228 g/mol. The van der Waals surface area contributed by atoms with E-state index in [-0.39, 0.29) is 5.91 Å². The van der Waals surface area contributed by atoms with Gasteiger partial charge in [0.25, 0.3) is 0 Å². The predicted molar refractivity (Wildman–Crippen MR) is 73.5 cm³/mol. The lowest BCUT2D eigenvalue weighted by Gasteiger charge is -2.29. The number of rotatable bonds is 7. The number of nitrogens with zero attached hydrogens (tertiary/aromatic N) is 1. The van der Waals surface area contributed by atoms with Gasteiger partial charge in [-0.25, -0.2) is 0 Å². The van der Waals surface area contributed by atoms with Gasteiger partial charge in [-0.2, -0.15) is 0 Å². The van der Waals surface area contributed by atoms with E-state index >= 15 is 0 Å². The topological polar surface area (TPSA) is 41.6 Å². The van der Waals surface area contributed by atoms with Gasteiger partial charge >= 0.3 is 0 Å². The van der Waals surface area contributed by atoms with Crippen molar-refractivity contribution in [3.05, 3.63) is 0 Å². The molecule has 1 aliphatic heterocycles. The molecule has 0 aromatic rings. The third-order valence-electron chi connectivity index (χ3n) is 3.84. The molecule has 106 valence electrons. The Morgan fingerprint density at radius 2 is 2.33 bits per heavy atom. The Labute approximate surface area is 111 Å². The molecule has 0 aromatic carbocycles. The molecule has 1 fully saturated rings. The third-order valence-corrected chi connectivity index (χ3v) is 3.84. The fraction of sp³-hybridized carbons (Fsp3) is 0.929. The minimum Gasteiger partial charge on any atom is -0.380 e. The molecule has 1 rings (SSSR count). The van der Waals surface area contributed by atoms with Gasteiger partial charge in [-0.3, -0.25) is 4.79 Å². The summed E-state index contributed by atoms with van der Waals surface area (Å²) >= 11 is 0. The maximum Gasteiger partial charge on any atom is 0.222 e. The number of hydrogen-bond acceptors (Lipinski definition) is 3. The zero-order valence-corrected chi connectivity index (χ0v) is 12.1. The van der Waals surface area contributed by atoms with Crippen molar-refractivity contribution in [3.8, 4) is 0 Å². The first-order chi connectivity index (χ1) is 8.65. The fourth-order valence-electron chi connectivity index (χ4n) is 2.43. The van der Waals surface area contributed by atoms with E-state index in [1.54, 1.807) is 4.90 Å². The molecule has 1 aliphatic rings. The molecule has 1 heterocycles. The molecule has 2 unspecified atom stereocenters. The molecule has 0 aromatic heterocycles. The molecule has 0 spiro atoms. The maximum absolute atomic E-state index is 12.0. The normalized spacial score (nSPS) is 21.6. The summed E-state index contributed by atoms with van der Waals surface area (Å²) in [6.45, 7) is 8.42. The van der Waals surface area contributed by atoms with Crippen LogP contribution in [-0.4, -0.2) is 50.7 Å². The Morgan fingerprint density at radius 1 is 1.56 bits per heavy atom. The van der Waals surface area contributed by atoms with Crippen LogP contribution in [-0.2, 0) is 9.53 Å². The highest BCUT2D eigenvalue weighted by molar-refractivity contribution is 5.76. The second-order valence-electron chi connectivity index (χ2n) is 5.30. The number of carbonyl (C=O) groups excluding carboxylic acids is 1. The largest absolute Gasteiger partial charge is 0.380 e. The molecule has 0 bridgehead atoms. The van der Waals surface area contributed by atoms with Crippen LogP contribution >= 0.6 is 0 Å². The van der Waals surface area contributed by atoms with Crippen LogP contribution in [0.25, 0.3) is 0 Å². The summed E-state index contributed by atoms with van der Waals surface area (Å²) < 4.78 is 5.27. The van der Waals surface area contributed by atoms with Gasteiger partial charge in [0.05, 0.1) is 6.61 Å². The summed E-state index contributed by atoms with van der Waals surface area (Å²) in [5, 5.41) is 3.42. The number of hydrogen-bond donors (Lipinski definition) is 1. The Hall–Kier alpha value is -0.610. The lowest BCUT2D eigenvalue weighted by Crippen LogP contribution is -2.36. The van der Waals surface area contributed by atoms with Crippen molar-refractivity contribution in [3.63, 3.8) is 0 Å². The average Bonchev–Trinajstić information content (AvgIpc) is 2.39. The maximum atomic E-state index is 12.0. The van der Waals surface area contributed by atoms with Crippen molar-refractivity contribution < 1.29 is 9.53 Å². The summed E-state index contributed by atoms with van der Waals surface area (Å²) in [5.41, 5.74) is 0. The van der Waals surface area contributed by atoms with E-state index in [4.69, 9.17) is 4.74 Å². The smallest absolute Gasteiger partial charge is 0.222 e. The standard InChI is InChI=1S/C14H28N2O2/c1-4-18-9-8-16(3)14(17)10-12(2)13-6-5-7-15-11-13/h12-13,15H,4-11H2,1-3H3. The minimum atomic E-state index is 0.243. The quantitative estimate of drug-likeness (QED) is 0.702. The number of ether oxygens (including phenoxy) is 1. The second kappa shape index (κ2) is 8.48. The number of piperidine rings is 1. The highest BCUT2D eigenvalue weighted by Gasteiger charge is 2.23. The van der Waals surface area contributed by atoms with Gasteiger partial charge in [0.2, 0.25) is 5.91 Å². The monoisotopic (exact) mass is 256 g/mol. The van der Waals surface area contributed by atoms with Crippen LogP contribution in [0.2, 0.25) is 0 Å². The summed E-state index contributed by atoms with van der Waals surface area (Å²) in [7, 11) is 1.87. The number of amides is 1. The lowest BCUT2D eigenvalue weighted by molar-refractivity contribution is -0.131. The predicted octanol–water partition coefficient (Wildman–Crippen LogP) is 1.51. The van der Waals surface area contributed by atoms with Crippen molar-refractivity contribution in [1.82, 2.24) is 10.2 Å². The van der Waals surface area contributed by atoms with Gasteiger partial charge in [-0.1, -0.05) is 6.92 Å². The summed E-state index contributed by atoms with van der Waals surface area (Å²) in [4.78, 5) is 13.8. The van der Waals surface area contributed by atoms with E-state index in [2.05, 4.69) is 12.2 Å². The fourth-order valence-corrected chi connectivity index (χ4v) is 2.43. The van der Waals surface area contributed by atoms with Crippen molar-refractivity contribution in [2.75, 3.05) is 39.9 Å². The SMILES string of the molecule is CCOCCN(C)C(=O)CC(C)C1CCCNC1. The molecule has 4 nitrogen and oxygen atoms in total. The molecule has 0 aliphatic carbocycles. The molecular formula is C14H28N2O2. The Balaban J connectivity index is 2.24. The van der Waals surface area contributed by atoms with Crippen molar-refractivity contribution in [2.24, 2.45) is 11.8 Å². The average molecular weight is 256 g/mol. The van der Waals surface area contributed by atoms with E-state index in [0.29, 0.717) is 38.0 Å². The van der Waals surface area contributed by atoms with Gasteiger partial charge in [-0.15, -0.1) is 0 Å². The van der Waals surface area contributed by atoms with Gasteiger partial charge in [0.1, 0.15) is 0 Å². The Morgan fingerprint density at radius 3 is 2.94 bits per heavy atom. The third kappa shape index (κ3) is 5.36. The zero-order chi connectivity index (χ0) is 13.4. The van der Waals surface area contributed by atoms with E-state index in [1.165, 1.54) is 12.8 Å². The van der Waals surface area contributed by atoms with E-state index < -0.39 is 0 Å². The Bertz CT molecular complexity index is 240. The van der Waals surface area contributed by atoms with Crippen LogP contribution in [0.3, 0.4) is 0 Å². The number of carbonyl (C=O) groups is 1. The van der Waals surface area contributed by atoms with Crippen LogP contribution in [0.5, 0.6) is 0 Å². The molecule has 2 atom stereocenters. The summed E-state index contributed by atoms with van der Waals surface area (Å²) in [6.07, 6.45) is 3.16. The van der Waals surface area contributed by atoms with Gasteiger partial charge < -0.3 is 15.0 Å². The van der Waals surface area contributed by atoms with Crippen LogP contribution in [0.15, 0.2) is 0 Å². The van der Waals surface area contributed by atoms with E-state index in [0.717, 1.165) is 13.1 Å². The van der Waals surface area contributed by atoms with Crippen LogP contribution in [0.4, 0.5) is 0 Å². The molecule has 0 saturated carbocycles.